The van der Waals surface area contributed by atoms with E-state index in [2.05, 4.69) is 29.3 Å². The molecule has 0 saturated carbocycles. The van der Waals surface area contributed by atoms with Gasteiger partial charge in [-0.15, -0.1) is 0 Å². The molecule has 25 heavy (non-hydrogen) atoms. The molecule has 0 atom stereocenters. The summed E-state index contributed by atoms with van der Waals surface area (Å²) < 4.78 is 10.2. The Balaban J connectivity index is 2.31. The number of carbonyl (C=O) groups is 1. The van der Waals surface area contributed by atoms with E-state index in [9.17, 15) is 4.79 Å². The van der Waals surface area contributed by atoms with Crippen molar-refractivity contribution in [2.24, 2.45) is 0 Å². The van der Waals surface area contributed by atoms with Gasteiger partial charge in [0.2, 0.25) is 0 Å². The van der Waals surface area contributed by atoms with Gasteiger partial charge in [-0.05, 0) is 64.2 Å². The molecule has 4 heteroatoms. The lowest BCUT2D eigenvalue weighted by molar-refractivity contribution is 0.136. The van der Waals surface area contributed by atoms with E-state index in [-0.39, 0.29) is 11.6 Å². The molecular formula is C21H31NO3. The van der Waals surface area contributed by atoms with Gasteiger partial charge in [-0.3, -0.25) is 0 Å². The highest BCUT2D eigenvalue weighted by Crippen LogP contribution is 2.08. The van der Waals surface area contributed by atoms with E-state index in [4.69, 9.17) is 9.47 Å². The second kappa shape index (κ2) is 11.5. The van der Waals surface area contributed by atoms with E-state index >= 15 is 0 Å². The van der Waals surface area contributed by atoms with E-state index < -0.39 is 0 Å². The molecule has 0 fully saturated rings. The monoisotopic (exact) mass is 345 g/mol. The van der Waals surface area contributed by atoms with Gasteiger partial charge < -0.3 is 14.8 Å². The van der Waals surface area contributed by atoms with Crippen molar-refractivity contribution in [3.05, 3.63) is 35.4 Å². The number of carbonyl (C=O) groups excluding carboxylic acids is 1. The highest BCUT2D eigenvalue weighted by Gasteiger charge is 2.14. The van der Waals surface area contributed by atoms with Crippen molar-refractivity contribution in [2.75, 3.05) is 20.3 Å². The molecule has 0 unspecified atom stereocenters. The Morgan fingerprint density at radius 1 is 1.16 bits per heavy atom. The van der Waals surface area contributed by atoms with Crippen LogP contribution in [0.3, 0.4) is 0 Å². The van der Waals surface area contributed by atoms with E-state index in [1.54, 1.807) is 7.11 Å². The molecule has 0 aliphatic rings. The quantitative estimate of drug-likeness (QED) is 0.564. The number of aryl methyl sites for hydroxylation is 1. The summed E-state index contributed by atoms with van der Waals surface area (Å²) in [5, 5.41) is 2.78. The van der Waals surface area contributed by atoms with Crippen molar-refractivity contribution in [3.8, 4) is 11.8 Å². The largest absolute Gasteiger partial charge is 0.450 e. The fourth-order valence-corrected chi connectivity index (χ4v) is 2.21. The van der Waals surface area contributed by atoms with Crippen LogP contribution in [-0.4, -0.2) is 32.0 Å². The van der Waals surface area contributed by atoms with Gasteiger partial charge in [-0.1, -0.05) is 24.0 Å². The normalized spacial score (nSPS) is 10.7. The SMILES string of the molecule is COCCCCC#Cc1cccc(CCCOC(=O)NC(C)(C)C)c1. The second-order valence-electron chi connectivity index (χ2n) is 7.07. The highest BCUT2D eigenvalue weighted by molar-refractivity contribution is 5.68. The van der Waals surface area contributed by atoms with Gasteiger partial charge >= 0.3 is 6.09 Å². The van der Waals surface area contributed by atoms with Crippen molar-refractivity contribution < 1.29 is 14.3 Å². The molecule has 0 aliphatic carbocycles. The van der Waals surface area contributed by atoms with Gasteiger partial charge in [-0.25, -0.2) is 4.79 Å². The van der Waals surface area contributed by atoms with Crippen LogP contribution < -0.4 is 5.32 Å². The third-order valence-electron chi connectivity index (χ3n) is 3.38. The molecule has 1 amide bonds. The Kier molecular flexibility index (Phi) is 9.72. The molecule has 0 aliphatic heterocycles. The van der Waals surface area contributed by atoms with Crippen molar-refractivity contribution in [3.63, 3.8) is 0 Å². The molecule has 1 rings (SSSR count). The van der Waals surface area contributed by atoms with Gasteiger partial charge in [0.05, 0.1) is 6.61 Å². The maximum Gasteiger partial charge on any atom is 0.407 e. The fraction of sp³-hybridized carbons (Fsp3) is 0.571. The molecule has 0 bridgehead atoms. The minimum atomic E-state index is -0.361. The number of hydrogen-bond donors (Lipinski definition) is 1. The van der Waals surface area contributed by atoms with Crippen molar-refractivity contribution in [1.29, 1.82) is 0 Å². The van der Waals surface area contributed by atoms with Crippen LogP contribution in [0.5, 0.6) is 0 Å². The summed E-state index contributed by atoms with van der Waals surface area (Å²) in [6.45, 7) is 7.00. The summed E-state index contributed by atoms with van der Waals surface area (Å²) in [7, 11) is 1.72. The summed E-state index contributed by atoms with van der Waals surface area (Å²) in [4.78, 5) is 11.6. The molecule has 0 aromatic heterocycles. The summed E-state index contributed by atoms with van der Waals surface area (Å²) in [5.74, 6) is 6.42. The maximum absolute atomic E-state index is 11.6. The molecule has 4 nitrogen and oxygen atoms in total. The smallest absolute Gasteiger partial charge is 0.407 e. The van der Waals surface area contributed by atoms with Gasteiger partial charge in [0.15, 0.2) is 0 Å². The first-order valence-electron chi connectivity index (χ1n) is 8.92. The van der Waals surface area contributed by atoms with Crippen molar-refractivity contribution in [2.45, 2.75) is 58.4 Å². The van der Waals surface area contributed by atoms with Crippen LogP contribution in [0.1, 0.15) is 57.6 Å². The van der Waals surface area contributed by atoms with Gasteiger partial charge in [-0.2, -0.15) is 0 Å². The molecule has 1 aromatic rings. The third kappa shape index (κ3) is 11.2. The third-order valence-corrected chi connectivity index (χ3v) is 3.38. The predicted molar refractivity (Wildman–Crippen MR) is 102 cm³/mol. The van der Waals surface area contributed by atoms with E-state index in [1.807, 2.05) is 32.9 Å². The number of alkyl carbamates (subject to hydrolysis) is 1. The van der Waals surface area contributed by atoms with Crippen LogP contribution in [0, 0.1) is 11.8 Å². The van der Waals surface area contributed by atoms with Crippen LogP contribution in [-0.2, 0) is 15.9 Å². The van der Waals surface area contributed by atoms with Gasteiger partial charge in [0.25, 0.3) is 0 Å². The lowest BCUT2D eigenvalue weighted by atomic mass is 10.1. The zero-order chi connectivity index (χ0) is 18.5. The topological polar surface area (TPSA) is 47.6 Å². The number of unbranched alkanes of at least 4 members (excludes halogenated alkanes) is 2. The van der Waals surface area contributed by atoms with Crippen LogP contribution in [0.25, 0.3) is 0 Å². The van der Waals surface area contributed by atoms with Crippen molar-refractivity contribution >= 4 is 6.09 Å². The Hall–Kier alpha value is -1.99. The zero-order valence-electron chi connectivity index (χ0n) is 16.0. The number of nitrogens with one attached hydrogen (secondary N) is 1. The Morgan fingerprint density at radius 2 is 1.96 bits per heavy atom. The molecule has 0 spiro atoms. The highest BCUT2D eigenvalue weighted by atomic mass is 16.5. The molecule has 0 saturated heterocycles. The lowest BCUT2D eigenvalue weighted by Gasteiger charge is -2.19. The second-order valence-corrected chi connectivity index (χ2v) is 7.07. The van der Waals surface area contributed by atoms with Crippen LogP contribution in [0.2, 0.25) is 0 Å². The van der Waals surface area contributed by atoms with E-state index in [1.165, 1.54) is 5.56 Å². The van der Waals surface area contributed by atoms with Gasteiger partial charge in [0.1, 0.15) is 0 Å². The first-order chi connectivity index (χ1) is 11.9. The molecule has 0 radical (unpaired) electrons. The molecule has 0 heterocycles. The number of amides is 1. The van der Waals surface area contributed by atoms with Crippen LogP contribution in [0.4, 0.5) is 4.79 Å². The van der Waals surface area contributed by atoms with E-state index in [0.29, 0.717) is 6.61 Å². The average Bonchev–Trinajstić information content (AvgIpc) is 2.54. The minimum absolute atomic E-state index is 0.270. The number of ether oxygens (including phenoxy) is 2. The zero-order valence-corrected chi connectivity index (χ0v) is 16.0. The fourth-order valence-electron chi connectivity index (χ4n) is 2.21. The minimum Gasteiger partial charge on any atom is -0.450 e. The Morgan fingerprint density at radius 3 is 2.68 bits per heavy atom. The first-order valence-corrected chi connectivity index (χ1v) is 8.92. The number of methoxy groups -OCH3 is 1. The summed E-state index contributed by atoms with van der Waals surface area (Å²) in [5.41, 5.74) is 1.98. The van der Waals surface area contributed by atoms with Crippen LogP contribution >= 0.6 is 0 Å². The van der Waals surface area contributed by atoms with Crippen LogP contribution in [0.15, 0.2) is 24.3 Å². The molecule has 1 N–H and O–H groups in total. The molecule has 138 valence electrons. The van der Waals surface area contributed by atoms with Gasteiger partial charge in [0, 0.05) is 31.2 Å². The Labute approximate surface area is 152 Å². The van der Waals surface area contributed by atoms with Crippen molar-refractivity contribution in [1.82, 2.24) is 5.32 Å². The van der Waals surface area contributed by atoms with E-state index in [0.717, 1.165) is 44.3 Å². The molecule has 1 aromatic carbocycles. The standard InChI is InChI=1S/C21H31NO3/c1-21(2,3)22-20(23)25-16-10-14-19-13-9-12-18(17-19)11-7-5-6-8-15-24-4/h9,12-13,17H,5-6,8,10,14-16H2,1-4H3,(H,22,23). The number of benzene rings is 1. The summed E-state index contributed by atoms with van der Waals surface area (Å²) >= 11 is 0. The maximum atomic E-state index is 11.6. The number of rotatable bonds is 8. The first kappa shape index (κ1) is 21.1. The summed E-state index contributed by atoms with van der Waals surface area (Å²) in [6, 6.07) is 8.24. The summed E-state index contributed by atoms with van der Waals surface area (Å²) in [6.07, 6.45) is 4.31. The lowest BCUT2D eigenvalue weighted by Crippen LogP contribution is -2.41. The Bertz CT molecular complexity index is 579. The molecular weight excluding hydrogens is 314 g/mol. The number of hydrogen-bond acceptors (Lipinski definition) is 3. The predicted octanol–water partition coefficient (Wildman–Crippen LogP) is 4.31. The average molecular weight is 345 g/mol.